The number of nitrogens with one attached hydrogen (secondary N) is 1. The Morgan fingerprint density at radius 1 is 1.12 bits per heavy atom. The molecule has 0 saturated carbocycles. The summed E-state index contributed by atoms with van der Waals surface area (Å²) in [5, 5.41) is 22.0. The molecular weight excluding hydrogens is 537 g/mol. The predicted octanol–water partition coefficient (Wildman–Crippen LogP) is 2.93. The summed E-state index contributed by atoms with van der Waals surface area (Å²) in [5.41, 5.74) is 0.387. The molecule has 2 aromatic rings. The maximum atomic E-state index is 14.7. The lowest BCUT2D eigenvalue weighted by Gasteiger charge is -2.39. The fraction of sp³-hybridized carbons (Fsp3) is 0.621. The molecule has 0 spiro atoms. The fourth-order valence-corrected chi connectivity index (χ4v) is 5.34. The largest absolute Gasteiger partial charge is 0.493 e. The number of benzene rings is 1. The van der Waals surface area contributed by atoms with Gasteiger partial charge in [-0.15, -0.1) is 0 Å². The number of hydrogen-bond acceptors (Lipinski definition) is 8. The summed E-state index contributed by atoms with van der Waals surface area (Å²) in [5.74, 6) is 1.65. The van der Waals surface area contributed by atoms with E-state index in [-0.39, 0.29) is 31.5 Å². The molecular formula is C29H41ClFN5O4. The number of nitrogens with zero attached hydrogens (tertiary/aromatic N) is 4. The third-order valence-corrected chi connectivity index (χ3v) is 8.08. The van der Waals surface area contributed by atoms with Crippen LogP contribution < -0.4 is 15.0 Å². The minimum absolute atomic E-state index is 0.0396. The van der Waals surface area contributed by atoms with Crippen LogP contribution in [0, 0.1) is 23.6 Å². The van der Waals surface area contributed by atoms with Crippen molar-refractivity contribution >= 4 is 23.5 Å². The summed E-state index contributed by atoms with van der Waals surface area (Å²) < 4.78 is 20.5. The predicted molar refractivity (Wildman–Crippen MR) is 152 cm³/mol. The zero-order valence-electron chi connectivity index (χ0n) is 23.0. The van der Waals surface area contributed by atoms with Crippen molar-refractivity contribution in [3.63, 3.8) is 0 Å². The van der Waals surface area contributed by atoms with Gasteiger partial charge in [-0.05, 0) is 62.1 Å². The molecule has 2 saturated heterocycles. The van der Waals surface area contributed by atoms with Gasteiger partial charge in [0.15, 0.2) is 0 Å². The molecule has 0 aliphatic carbocycles. The number of aromatic nitrogens is 2. The molecule has 4 rings (SSSR count). The first-order valence-electron chi connectivity index (χ1n) is 14.3. The second kappa shape index (κ2) is 15.5. The standard InChI is InChI=1S/C29H41ClFN5O4/c30-25-15-33-29(34-16-25)35-9-6-21(7-10-35)2-1-11-40-26-4-3-24(27(31)13-26)12-28(39)36-17-22(18-36)5-8-32-14-23(19-37)20-38/h3-4,13,15-16,21-23,32,37-38H,1-2,5-12,14,17-20H2. The van der Waals surface area contributed by atoms with Crippen molar-refractivity contribution < 1.29 is 24.1 Å². The van der Waals surface area contributed by atoms with Gasteiger partial charge in [-0.1, -0.05) is 17.7 Å². The van der Waals surface area contributed by atoms with Crippen molar-refractivity contribution in [1.82, 2.24) is 20.2 Å². The summed E-state index contributed by atoms with van der Waals surface area (Å²) in [6.45, 7) is 5.01. The number of likely N-dealkylation sites (tertiary alicyclic amines) is 1. The van der Waals surface area contributed by atoms with Crippen LogP contribution in [-0.4, -0.2) is 90.1 Å². The van der Waals surface area contributed by atoms with Crippen LogP contribution in [0.2, 0.25) is 5.02 Å². The van der Waals surface area contributed by atoms with Crippen molar-refractivity contribution in [2.24, 2.45) is 17.8 Å². The summed E-state index contributed by atoms with van der Waals surface area (Å²) in [4.78, 5) is 25.2. The number of aliphatic hydroxyl groups is 2. The van der Waals surface area contributed by atoms with Crippen LogP contribution in [0.15, 0.2) is 30.6 Å². The summed E-state index contributed by atoms with van der Waals surface area (Å²) in [7, 11) is 0. The molecule has 2 aliphatic heterocycles. The Bertz CT molecular complexity index is 1060. The van der Waals surface area contributed by atoms with Crippen LogP contribution in [-0.2, 0) is 11.2 Å². The number of carbonyl (C=O) groups is 1. The van der Waals surface area contributed by atoms with Crippen molar-refractivity contribution in [3.8, 4) is 5.75 Å². The van der Waals surface area contributed by atoms with Crippen molar-refractivity contribution in [3.05, 3.63) is 47.0 Å². The highest BCUT2D eigenvalue weighted by Gasteiger charge is 2.30. The quantitative estimate of drug-likeness (QED) is 0.277. The first-order valence-corrected chi connectivity index (χ1v) is 14.7. The van der Waals surface area contributed by atoms with Crippen LogP contribution >= 0.6 is 11.6 Å². The van der Waals surface area contributed by atoms with Gasteiger partial charge in [0.1, 0.15) is 11.6 Å². The zero-order chi connectivity index (χ0) is 28.3. The average molecular weight is 578 g/mol. The van der Waals surface area contributed by atoms with Gasteiger partial charge in [0.2, 0.25) is 11.9 Å². The van der Waals surface area contributed by atoms with Gasteiger partial charge < -0.3 is 30.1 Å². The van der Waals surface area contributed by atoms with Gasteiger partial charge in [0.05, 0.1) is 30.4 Å². The molecule has 9 nitrogen and oxygen atoms in total. The number of halogens is 2. The number of anilines is 1. The minimum atomic E-state index is -0.411. The lowest BCUT2D eigenvalue weighted by atomic mass is 9.92. The molecule has 0 radical (unpaired) electrons. The monoisotopic (exact) mass is 577 g/mol. The fourth-order valence-electron chi connectivity index (χ4n) is 5.24. The van der Waals surface area contributed by atoms with Gasteiger partial charge >= 0.3 is 0 Å². The van der Waals surface area contributed by atoms with E-state index in [4.69, 9.17) is 26.6 Å². The van der Waals surface area contributed by atoms with Crippen LogP contribution in [0.1, 0.15) is 37.7 Å². The van der Waals surface area contributed by atoms with E-state index in [1.54, 1.807) is 29.4 Å². The second-order valence-corrected chi connectivity index (χ2v) is 11.4. The van der Waals surface area contributed by atoms with Gasteiger partial charge in [-0.3, -0.25) is 4.79 Å². The first kappa shape index (κ1) is 30.4. The molecule has 0 unspecified atom stereocenters. The number of amides is 1. The van der Waals surface area contributed by atoms with E-state index in [0.29, 0.717) is 54.4 Å². The van der Waals surface area contributed by atoms with Crippen LogP contribution in [0.5, 0.6) is 5.75 Å². The molecule has 1 aromatic heterocycles. The van der Waals surface area contributed by atoms with Gasteiger partial charge in [0.25, 0.3) is 0 Å². The van der Waals surface area contributed by atoms with E-state index in [1.807, 2.05) is 0 Å². The third-order valence-electron chi connectivity index (χ3n) is 7.88. The SMILES string of the molecule is O=C(Cc1ccc(OCCCC2CCN(c3ncc(Cl)cn3)CC2)cc1F)N1CC(CCNCC(CO)CO)C1. The van der Waals surface area contributed by atoms with Gasteiger partial charge in [-0.25, -0.2) is 14.4 Å². The van der Waals surface area contributed by atoms with E-state index >= 15 is 0 Å². The Morgan fingerprint density at radius 2 is 1.85 bits per heavy atom. The molecule has 1 amide bonds. The lowest BCUT2D eigenvalue weighted by Crippen LogP contribution is -2.51. The molecule has 3 N–H and O–H groups in total. The number of piperidine rings is 1. The van der Waals surface area contributed by atoms with E-state index in [9.17, 15) is 9.18 Å². The average Bonchev–Trinajstić information content (AvgIpc) is 2.94. The second-order valence-electron chi connectivity index (χ2n) is 10.9. The lowest BCUT2D eigenvalue weighted by molar-refractivity contribution is -0.136. The minimum Gasteiger partial charge on any atom is -0.493 e. The third kappa shape index (κ3) is 8.99. The van der Waals surface area contributed by atoms with Gasteiger partial charge in [-0.2, -0.15) is 0 Å². The number of rotatable bonds is 15. The Balaban J connectivity index is 1.08. The molecule has 2 aliphatic rings. The highest BCUT2D eigenvalue weighted by molar-refractivity contribution is 6.30. The number of hydrogen-bond donors (Lipinski definition) is 3. The van der Waals surface area contributed by atoms with Crippen molar-refractivity contribution in [2.75, 3.05) is 64.0 Å². The molecule has 40 heavy (non-hydrogen) atoms. The van der Waals surface area contributed by atoms with Crippen LogP contribution in [0.25, 0.3) is 0 Å². The molecule has 2 fully saturated rings. The summed E-state index contributed by atoms with van der Waals surface area (Å²) >= 11 is 5.87. The Hall–Kier alpha value is -2.53. The molecule has 220 valence electrons. The number of ether oxygens (including phenoxy) is 1. The molecule has 11 heteroatoms. The Morgan fingerprint density at radius 3 is 2.52 bits per heavy atom. The summed E-state index contributed by atoms with van der Waals surface area (Å²) in [6.07, 6.45) is 8.34. The molecule has 0 bridgehead atoms. The Kier molecular flexibility index (Phi) is 11.8. The van der Waals surface area contributed by atoms with Crippen LogP contribution in [0.3, 0.4) is 0 Å². The number of carbonyl (C=O) groups excluding carboxylic acids is 1. The normalized spacial score (nSPS) is 16.4. The Labute approximate surface area is 240 Å². The van der Waals surface area contributed by atoms with Gasteiger partial charge in [0, 0.05) is 57.9 Å². The van der Waals surface area contributed by atoms with Crippen LogP contribution in [0.4, 0.5) is 10.3 Å². The molecule has 3 heterocycles. The van der Waals surface area contributed by atoms with Crippen molar-refractivity contribution in [1.29, 1.82) is 0 Å². The smallest absolute Gasteiger partial charge is 0.227 e. The van der Waals surface area contributed by atoms with E-state index in [2.05, 4.69) is 20.2 Å². The van der Waals surface area contributed by atoms with E-state index in [0.717, 1.165) is 57.7 Å². The van der Waals surface area contributed by atoms with E-state index in [1.165, 1.54) is 6.07 Å². The molecule has 1 aromatic carbocycles. The topological polar surface area (TPSA) is 111 Å². The maximum Gasteiger partial charge on any atom is 0.227 e. The van der Waals surface area contributed by atoms with Crippen molar-refractivity contribution in [2.45, 2.75) is 38.5 Å². The highest BCUT2D eigenvalue weighted by Crippen LogP contribution is 2.25. The zero-order valence-corrected chi connectivity index (χ0v) is 23.7. The number of aliphatic hydroxyl groups excluding tert-OH is 2. The van der Waals surface area contributed by atoms with E-state index < -0.39 is 5.82 Å². The first-order chi connectivity index (χ1) is 19.4. The maximum absolute atomic E-state index is 14.7. The summed E-state index contributed by atoms with van der Waals surface area (Å²) in [6, 6.07) is 4.77. The molecule has 0 atom stereocenters. The highest BCUT2D eigenvalue weighted by atomic mass is 35.5.